The lowest BCUT2D eigenvalue weighted by atomic mass is 9.95. The van der Waals surface area contributed by atoms with Crippen molar-refractivity contribution in [1.29, 1.82) is 0 Å². The van der Waals surface area contributed by atoms with Crippen molar-refractivity contribution < 1.29 is 4.74 Å². The maximum absolute atomic E-state index is 5.95. The predicted octanol–water partition coefficient (Wildman–Crippen LogP) is 3.50. The Morgan fingerprint density at radius 3 is 2.79 bits per heavy atom. The van der Waals surface area contributed by atoms with Crippen LogP contribution in [0.1, 0.15) is 28.5 Å². The quantitative estimate of drug-likeness (QED) is 0.645. The molecule has 0 spiro atoms. The molecule has 2 unspecified atom stereocenters. The molecule has 0 radical (unpaired) electrons. The highest BCUT2D eigenvalue weighted by Gasteiger charge is 2.29. The fourth-order valence-corrected chi connectivity index (χ4v) is 3.90. The van der Waals surface area contributed by atoms with Crippen molar-refractivity contribution in [3.8, 4) is 0 Å². The molecule has 24 heavy (non-hydrogen) atoms. The third-order valence-electron chi connectivity index (χ3n) is 4.48. The van der Waals surface area contributed by atoms with Gasteiger partial charge in [-0.3, -0.25) is 4.99 Å². The molecule has 2 atom stereocenters. The molecule has 1 aromatic carbocycles. The summed E-state index contributed by atoms with van der Waals surface area (Å²) in [6.07, 6.45) is 1.25. The largest absolute Gasteiger partial charge is 0.373 e. The van der Waals surface area contributed by atoms with Gasteiger partial charge >= 0.3 is 0 Å². The van der Waals surface area contributed by atoms with Crippen molar-refractivity contribution in [1.82, 2.24) is 10.6 Å². The van der Waals surface area contributed by atoms with Crippen LogP contribution in [0.4, 0.5) is 0 Å². The first kappa shape index (κ1) is 17.0. The van der Waals surface area contributed by atoms with Gasteiger partial charge in [-0.2, -0.15) is 0 Å². The molecule has 4 nitrogen and oxygen atoms in total. The minimum absolute atomic E-state index is 0.177. The van der Waals surface area contributed by atoms with Crippen LogP contribution >= 0.6 is 11.3 Å². The Labute approximate surface area is 148 Å². The zero-order valence-electron chi connectivity index (χ0n) is 14.3. The molecule has 2 aromatic rings. The van der Waals surface area contributed by atoms with Crippen LogP contribution < -0.4 is 10.6 Å². The number of rotatable bonds is 5. The van der Waals surface area contributed by atoms with Gasteiger partial charge in [0.2, 0.25) is 0 Å². The van der Waals surface area contributed by atoms with E-state index >= 15 is 0 Å². The van der Waals surface area contributed by atoms with E-state index in [-0.39, 0.29) is 6.10 Å². The van der Waals surface area contributed by atoms with Crippen molar-refractivity contribution in [2.24, 2.45) is 10.9 Å². The molecule has 1 fully saturated rings. The van der Waals surface area contributed by atoms with Crippen molar-refractivity contribution in [2.75, 3.05) is 20.2 Å². The van der Waals surface area contributed by atoms with E-state index in [1.54, 1.807) is 11.3 Å². The third-order valence-corrected chi connectivity index (χ3v) is 5.51. The standard InChI is InChI=1S/C19H25N3OS/c1-14-9-11-24-17(14)13-22-19(20-2)21-12-16-8-10-23-18(16)15-6-4-3-5-7-15/h3-7,9,11,16,18H,8,10,12-13H2,1-2H3,(H2,20,21,22). The van der Waals surface area contributed by atoms with E-state index in [9.17, 15) is 0 Å². The van der Waals surface area contributed by atoms with Gasteiger partial charge in [-0.25, -0.2) is 0 Å². The number of guanidine groups is 1. The number of ether oxygens (including phenoxy) is 1. The number of benzene rings is 1. The van der Waals surface area contributed by atoms with Crippen LogP contribution in [0.5, 0.6) is 0 Å². The summed E-state index contributed by atoms with van der Waals surface area (Å²) in [5.74, 6) is 1.32. The molecule has 5 heteroatoms. The van der Waals surface area contributed by atoms with Crippen molar-refractivity contribution in [2.45, 2.75) is 26.0 Å². The van der Waals surface area contributed by atoms with E-state index in [0.29, 0.717) is 5.92 Å². The lowest BCUT2D eigenvalue weighted by Gasteiger charge is -2.20. The van der Waals surface area contributed by atoms with Gasteiger partial charge in [0.05, 0.1) is 12.6 Å². The van der Waals surface area contributed by atoms with Crippen LogP contribution in [-0.2, 0) is 11.3 Å². The molecule has 0 bridgehead atoms. The summed E-state index contributed by atoms with van der Waals surface area (Å²) in [5.41, 5.74) is 2.59. The first-order valence-electron chi connectivity index (χ1n) is 8.42. The highest BCUT2D eigenvalue weighted by Crippen LogP contribution is 2.33. The Morgan fingerprint density at radius 1 is 1.25 bits per heavy atom. The number of thiophene rings is 1. The molecule has 1 aliphatic heterocycles. The Bertz CT molecular complexity index is 668. The summed E-state index contributed by atoms with van der Waals surface area (Å²) in [4.78, 5) is 5.69. The SMILES string of the molecule is CN=C(NCc1sccc1C)NCC1CCOC1c1ccccc1. The zero-order valence-corrected chi connectivity index (χ0v) is 15.1. The second kappa shape index (κ2) is 8.31. The molecule has 1 aliphatic rings. The average molecular weight is 343 g/mol. The minimum Gasteiger partial charge on any atom is -0.373 e. The summed E-state index contributed by atoms with van der Waals surface area (Å²) in [6, 6.07) is 12.6. The Morgan fingerprint density at radius 2 is 2.08 bits per heavy atom. The van der Waals surface area contributed by atoms with Crippen molar-refractivity contribution in [3.05, 3.63) is 57.8 Å². The molecule has 0 amide bonds. The van der Waals surface area contributed by atoms with Gasteiger partial charge in [-0.05, 0) is 35.9 Å². The van der Waals surface area contributed by atoms with Crippen LogP contribution in [-0.4, -0.2) is 26.2 Å². The highest BCUT2D eigenvalue weighted by molar-refractivity contribution is 7.10. The van der Waals surface area contributed by atoms with Gasteiger partial charge in [0, 0.05) is 31.0 Å². The maximum atomic E-state index is 5.95. The Hall–Kier alpha value is -1.85. The summed E-state index contributed by atoms with van der Waals surface area (Å²) in [7, 11) is 1.82. The van der Waals surface area contributed by atoms with Crippen LogP contribution in [0.2, 0.25) is 0 Å². The number of nitrogens with one attached hydrogen (secondary N) is 2. The Kier molecular flexibility index (Phi) is 5.88. The summed E-state index contributed by atoms with van der Waals surface area (Å²) in [5, 5.41) is 8.98. The lowest BCUT2D eigenvalue weighted by Crippen LogP contribution is -2.39. The minimum atomic E-state index is 0.177. The highest BCUT2D eigenvalue weighted by atomic mass is 32.1. The average Bonchev–Trinajstić information content (AvgIpc) is 3.25. The van der Waals surface area contributed by atoms with E-state index in [2.05, 4.69) is 58.3 Å². The summed E-state index contributed by atoms with van der Waals surface area (Å²) >= 11 is 1.78. The van der Waals surface area contributed by atoms with Crippen LogP contribution in [0.3, 0.4) is 0 Å². The van der Waals surface area contributed by atoms with Gasteiger partial charge < -0.3 is 15.4 Å². The molecule has 2 heterocycles. The van der Waals surface area contributed by atoms with Gasteiger partial charge in [-0.15, -0.1) is 11.3 Å². The fraction of sp³-hybridized carbons (Fsp3) is 0.421. The van der Waals surface area contributed by atoms with Crippen LogP contribution in [0.15, 0.2) is 46.8 Å². The number of aliphatic imine (C=N–C) groups is 1. The van der Waals surface area contributed by atoms with Crippen molar-refractivity contribution in [3.63, 3.8) is 0 Å². The van der Waals surface area contributed by atoms with Gasteiger partial charge in [0.1, 0.15) is 0 Å². The van der Waals surface area contributed by atoms with Gasteiger partial charge in [0.15, 0.2) is 5.96 Å². The van der Waals surface area contributed by atoms with Gasteiger partial charge in [0.25, 0.3) is 0 Å². The van der Waals surface area contributed by atoms with Gasteiger partial charge in [-0.1, -0.05) is 30.3 Å². The second-order valence-corrected chi connectivity index (χ2v) is 7.08. The smallest absolute Gasteiger partial charge is 0.191 e. The van der Waals surface area contributed by atoms with E-state index in [0.717, 1.165) is 32.1 Å². The normalized spacial score (nSPS) is 21.0. The van der Waals surface area contributed by atoms with E-state index in [4.69, 9.17) is 4.74 Å². The van der Waals surface area contributed by atoms with E-state index in [1.807, 2.05) is 13.1 Å². The molecular formula is C19H25N3OS. The van der Waals surface area contributed by atoms with E-state index in [1.165, 1.54) is 16.0 Å². The van der Waals surface area contributed by atoms with E-state index < -0.39 is 0 Å². The molecule has 2 N–H and O–H groups in total. The monoisotopic (exact) mass is 343 g/mol. The predicted molar refractivity (Wildman–Crippen MR) is 100 cm³/mol. The number of nitrogens with zero attached hydrogens (tertiary/aromatic N) is 1. The molecule has 0 saturated carbocycles. The Balaban J connectivity index is 1.52. The number of hydrogen-bond acceptors (Lipinski definition) is 3. The van der Waals surface area contributed by atoms with Crippen LogP contribution in [0.25, 0.3) is 0 Å². The fourth-order valence-electron chi connectivity index (χ4n) is 3.05. The van der Waals surface area contributed by atoms with Crippen LogP contribution in [0, 0.1) is 12.8 Å². The second-order valence-electron chi connectivity index (χ2n) is 6.08. The molecule has 128 valence electrons. The molecule has 1 aromatic heterocycles. The summed E-state index contributed by atoms with van der Waals surface area (Å²) in [6.45, 7) is 4.64. The molecular weight excluding hydrogens is 318 g/mol. The molecule has 3 rings (SSSR count). The van der Waals surface area contributed by atoms with Crippen molar-refractivity contribution >= 4 is 17.3 Å². The first-order valence-corrected chi connectivity index (χ1v) is 9.30. The topological polar surface area (TPSA) is 45.7 Å². The first-order chi connectivity index (χ1) is 11.8. The number of aryl methyl sites for hydroxylation is 1. The summed E-state index contributed by atoms with van der Waals surface area (Å²) < 4.78 is 5.95. The number of hydrogen-bond donors (Lipinski definition) is 2. The molecule has 0 aliphatic carbocycles. The lowest BCUT2D eigenvalue weighted by molar-refractivity contribution is 0.0915. The zero-order chi connectivity index (χ0) is 16.8. The maximum Gasteiger partial charge on any atom is 0.191 e. The third kappa shape index (κ3) is 4.16. The molecule has 1 saturated heterocycles.